The Morgan fingerprint density at radius 2 is 1.12 bits per heavy atom. The van der Waals surface area contributed by atoms with Crippen LogP contribution in [0.5, 0.6) is 0 Å². The van der Waals surface area contributed by atoms with E-state index in [4.69, 9.17) is 4.42 Å². The first kappa shape index (κ1) is 19.8. The molecule has 0 aliphatic heterocycles. The highest BCUT2D eigenvalue weighted by Crippen LogP contribution is 2.43. The second-order valence-electron chi connectivity index (χ2n) is 7.97. The quantitative estimate of drug-likeness (QED) is 0.245. The van der Waals surface area contributed by atoms with Gasteiger partial charge in [0.2, 0.25) is 0 Å². The molecule has 0 bridgehead atoms. The molecule has 6 rings (SSSR count). The Morgan fingerprint density at radius 3 is 1.88 bits per heavy atom. The number of rotatable bonds is 4. The standard InChI is InChI=1S/C30H20BrNO/c31-23-15-19-25(20-16-23)32(24-17-13-22(14-18-24)21-7-2-1-3-8-21)27-10-6-12-29-30(27)26-9-4-5-11-28(26)33-29/h1-20H. The van der Waals surface area contributed by atoms with E-state index in [1.54, 1.807) is 0 Å². The molecule has 0 saturated heterocycles. The molecule has 0 spiro atoms. The molecule has 0 saturated carbocycles. The van der Waals surface area contributed by atoms with Crippen LogP contribution in [-0.2, 0) is 0 Å². The Hall–Kier alpha value is -3.82. The highest BCUT2D eigenvalue weighted by atomic mass is 79.9. The normalized spacial score (nSPS) is 11.2. The van der Waals surface area contributed by atoms with Gasteiger partial charge >= 0.3 is 0 Å². The molecule has 6 aromatic rings. The highest BCUT2D eigenvalue weighted by Gasteiger charge is 2.19. The molecule has 0 amide bonds. The predicted octanol–water partition coefficient (Wildman–Crippen LogP) is 9.49. The van der Waals surface area contributed by atoms with Crippen LogP contribution in [0.4, 0.5) is 17.1 Å². The molecule has 0 atom stereocenters. The van der Waals surface area contributed by atoms with E-state index in [9.17, 15) is 0 Å². The zero-order valence-electron chi connectivity index (χ0n) is 17.8. The maximum absolute atomic E-state index is 6.18. The molecule has 33 heavy (non-hydrogen) atoms. The summed E-state index contributed by atoms with van der Waals surface area (Å²) in [6.45, 7) is 0. The van der Waals surface area contributed by atoms with Gasteiger partial charge in [-0.15, -0.1) is 0 Å². The first-order valence-corrected chi connectivity index (χ1v) is 11.7. The van der Waals surface area contributed by atoms with Crippen molar-refractivity contribution in [2.24, 2.45) is 0 Å². The third kappa shape index (κ3) is 3.61. The summed E-state index contributed by atoms with van der Waals surface area (Å²) in [6.07, 6.45) is 0. The van der Waals surface area contributed by atoms with Crippen LogP contribution in [0.1, 0.15) is 0 Å². The van der Waals surface area contributed by atoms with E-state index in [1.807, 2.05) is 24.3 Å². The fraction of sp³-hybridized carbons (Fsp3) is 0. The summed E-state index contributed by atoms with van der Waals surface area (Å²) < 4.78 is 7.23. The molecule has 0 unspecified atom stereocenters. The number of para-hydroxylation sites is 1. The third-order valence-electron chi connectivity index (χ3n) is 5.94. The van der Waals surface area contributed by atoms with E-state index in [2.05, 4.69) is 118 Å². The smallest absolute Gasteiger partial charge is 0.137 e. The zero-order chi connectivity index (χ0) is 22.2. The fourth-order valence-electron chi connectivity index (χ4n) is 4.39. The third-order valence-corrected chi connectivity index (χ3v) is 6.47. The maximum atomic E-state index is 6.18. The number of fused-ring (bicyclic) bond motifs is 3. The molecule has 0 radical (unpaired) electrons. The number of hydrogen-bond donors (Lipinski definition) is 0. The van der Waals surface area contributed by atoms with E-state index in [-0.39, 0.29) is 0 Å². The van der Waals surface area contributed by atoms with Gasteiger partial charge < -0.3 is 9.32 Å². The summed E-state index contributed by atoms with van der Waals surface area (Å²) in [6, 6.07) is 42.1. The van der Waals surface area contributed by atoms with Crippen molar-refractivity contribution in [1.29, 1.82) is 0 Å². The lowest BCUT2D eigenvalue weighted by atomic mass is 10.0. The minimum absolute atomic E-state index is 0.886. The van der Waals surface area contributed by atoms with Crippen molar-refractivity contribution in [1.82, 2.24) is 0 Å². The number of nitrogens with zero attached hydrogens (tertiary/aromatic N) is 1. The van der Waals surface area contributed by atoms with Crippen LogP contribution >= 0.6 is 15.9 Å². The second-order valence-corrected chi connectivity index (χ2v) is 8.89. The second kappa shape index (κ2) is 8.27. The van der Waals surface area contributed by atoms with Crippen molar-refractivity contribution >= 4 is 54.9 Å². The highest BCUT2D eigenvalue weighted by molar-refractivity contribution is 9.10. The van der Waals surface area contributed by atoms with Gasteiger partial charge in [0, 0.05) is 21.2 Å². The Morgan fingerprint density at radius 1 is 0.515 bits per heavy atom. The van der Waals surface area contributed by atoms with Crippen LogP contribution in [0.15, 0.2) is 130 Å². The van der Waals surface area contributed by atoms with Crippen molar-refractivity contribution in [3.63, 3.8) is 0 Å². The molecule has 0 N–H and O–H groups in total. The molecule has 0 fully saturated rings. The van der Waals surface area contributed by atoms with Gasteiger partial charge in [-0.1, -0.05) is 82.7 Å². The number of halogens is 1. The Balaban J connectivity index is 1.56. The number of anilines is 3. The van der Waals surface area contributed by atoms with Crippen LogP contribution in [0.25, 0.3) is 33.1 Å². The number of benzene rings is 5. The van der Waals surface area contributed by atoms with E-state index < -0.39 is 0 Å². The fourth-order valence-corrected chi connectivity index (χ4v) is 4.66. The van der Waals surface area contributed by atoms with Crippen molar-refractivity contribution in [2.45, 2.75) is 0 Å². The predicted molar refractivity (Wildman–Crippen MR) is 142 cm³/mol. The van der Waals surface area contributed by atoms with Gasteiger partial charge in [-0.3, -0.25) is 0 Å². The lowest BCUT2D eigenvalue weighted by Gasteiger charge is -2.26. The molecule has 2 nitrogen and oxygen atoms in total. The summed E-state index contributed by atoms with van der Waals surface area (Å²) in [5, 5.41) is 2.23. The average molecular weight is 490 g/mol. The largest absolute Gasteiger partial charge is 0.456 e. The molecule has 0 aliphatic rings. The molecular weight excluding hydrogens is 470 g/mol. The SMILES string of the molecule is Brc1ccc(N(c2ccc(-c3ccccc3)cc2)c2cccc3oc4ccccc4c23)cc1. The molecule has 0 aliphatic carbocycles. The van der Waals surface area contributed by atoms with E-state index in [1.165, 1.54) is 11.1 Å². The minimum Gasteiger partial charge on any atom is -0.456 e. The molecule has 3 heteroatoms. The van der Waals surface area contributed by atoms with Gasteiger partial charge in [0.05, 0.1) is 11.1 Å². The summed E-state index contributed by atoms with van der Waals surface area (Å²) in [7, 11) is 0. The van der Waals surface area contributed by atoms with Gasteiger partial charge in [-0.05, 0) is 65.7 Å². The average Bonchev–Trinajstić information content (AvgIpc) is 3.26. The lowest BCUT2D eigenvalue weighted by molar-refractivity contribution is 0.669. The topological polar surface area (TPSA) is 16.4 Å². The molecule has 1 heterocycles. The summed E-state index contributed by atoms with van der Waals surface area (Å²) >= 11 is 3.58. The van der Waals surface area contributed by atoms with Gasteiger partial charge in [0.25, 0.3) is 0 Å². The first-order valence-electron chi connectivity index (χ1n) is 10.9. The van der Waals surface area contributed by atoms with Crippen molar-refractivity contribution in [3.8, 4) is 11.1 Å². The monoisotopic (exact) mass is 489 g/mol. The van der Waals surface area contributed by atoms with Crippen molar-refractivity contribution < 1.29 is 4.42 Å². The number of furan rings is 1. The summed E-state index contributed by atoms with van der Waals surface area (Å²) in [4.78, 5) is 2.30. The van der Waals surface area contributed by atoms with Crippen molar-refractivity contribution in [2.75, 3.05) is 4.90 Å². The Bertz CT molecular complexity index is 1550. The van der Waals surface area contributed by atoms with Gasteiger partial charge in [-0.2, -0.15) is 0 Å². The zero-order valence-corrected chi connectivity index (χ0v) is 19.4. The van der Waals surface area contributed by atoms with Gasteiger partial charge in [-0.25, -0.2) is 0 Å². The Labute approximate surface area is 200 Å². The Kier molecular flexibility index (Phi) is 4.97. The first-order chi connectivity index (χ1) is 16.3. The van der Waals surface area contributed by atoms with Crippen LogP contribution in [0.2, 0.25) is 0 Å². The van der Waals surface area contributed by atoms with E-state index >= 15 is 0 Å². The van der Waals surface area contributed by atoms with Gasteiger partial charge in [0.1, 0.15) is 11.2 Å². The van der Waals surface area contributed by atoms with E-state index in [0.717, 1.165) is 43.5 Å². The molecule has 1 aromatic heterocycles. The summed E-state index contributed by atoms with van der Waals surface area (Å²) in [5.74, 6) is 0. The summed E-state index contributed by atoms with van der Waals surface area (Å²) in [5.41, 5.74) is 7.46. The van der Waals surface area contributed by atoms with Crippen LogP contribution in [-0.4, -0.2) is 0 Å². The molecular formula is C30H20BrNO. The molecule has 158 valence electrons. The van der Waals surface area contributed by atoms with Crippen LogP contribution in [0, 0.1) is 0 Å². The van der Waals surface area contributed by atoms with Gasteiger partial charge in [0.15, 0.2) is 0 Å². The lowest BCUT2D eigenvalue weighted by Crippen LogP contribution is -2.10. The van der Waals surface area contributed by atoms with Crippen LogP contribution in [0.3, 0.4) is 0 Å². The van der Waals surface area contributed by atoms with Crippen molar-refractivity contribution in [3.05, 3.63) is 126 Å². The van der Waals surface area contributed by atoms with E-state index in [0.29, 0.717) is 0 Å². The maximum Gasteiger partial charge on any atom is 0.137 e. The minimum atomic E-state index is 0.886. The van der Waals surface area contributed by atoms with Crippen LogP contribution < -0.4 is 4.90 Å². The molecule has 5 aromatic carbocycles. The number of hydrogen-bond acceptors (Lipinski definition) is 2.